The molecule has 5 aliphatic heterocycles. The second-order valence-corrected chi connectivity index (χ2v) is 31.7. The Balaban J connectivity index is 1.04. The third-order valence-corrected chi connectivity index (χ3v) is 24.1. The van der Waals surface area contributed by atoms with Gasteiger partial charge in [-0.05, 0) is 182 Å². The average molecular weight is 1500 g/mol. The topological polar surface area (TPSA) is 457 Å². The van der Waals surface area contributed by atoms with Gasteiger partial charge in [0.2, 0.25) is 65.0 Å². The number of carboxylic acid groups (broad SMARTS) is 1. The molecule has 0 radical (unpaired) electrons. The molecule has 9 rings (SSSR count). The Labute approximate surface area is 613 Å². The van der Waals surface area contributed by atoms with Crippen molar-refractivity contribution in [3.63, 3.8) is 0 Å². The van der Waals surface area contributed by atoms with Gasteiger partial charge in [-0.25, -0.2) is 8.78 Å². The van der Waals surface area contributed by atoms with Gasteiger partial charge in [-0.1, -0.05) is 24.3 Å². The molecule has 2 bridgehead atoms. The first-order valence-corrected chi connectivity index (χ1v) is 39.5. The zero-order valence-corrected chi connectivity index (χ0v) is 60.9. The molecule has 1 aromatic carbocycles. The van der Waals surface area contributed by atoms with E-state index in [9.17, 15) is 48.6 Å². The molecule has 5 heterocycles. The summed E-state index contributed by atoms with van der Waals surface area (Å²) in [7, 11) is 0. The van der Waals surface area contributed by atoms with E-state index >= 15 is 28.0 Å². The number of nitrogens with two attached hydrogens (primary N) is 2. The Kier molecular flexibility index (Phi) is 31.0. The van der Waals surface area contributed by atoms with Crippen molar-refractivity contribution in [1.82, 2.24) is 74.0 Å². The van der Waals surface area contributed by atoms with E-state index in [2.05, 4.69) is 69.1 Å². The van der Waals surface area contributed by atoms with Gasteiger partial charge in [0.1, 0.15) is 66.7 Å². The highest BCUT2D eigenvalue weighted by Crippen LogP contribution is 2.40. The number of thioether (sulfide) groups is 2. The lowest BCUT2D eigenvalue weighted by Gasteiger charge is -2.34. The van der Waals surface area contributed by atoms with Crippen molar-refractivity contribution in [3.05, 3.63) is 35.4 Å². The van der Waals surface area contributed by atoms with Crippen LogP contribution >= 0.6 is 23.5 Å². The molecule has 3 aliphatic carbocycles. The molecule has 7 fully saturated rings. The maximum Gasteiger partial charge on any atom is 0.305 e. The maximum absolute atomic E-state index is 15.3. The molecule has 9 unspecified atom stereocenters. The van der Waals surface area contributed by atoms with Gasteiger partial charge in [0.15, 0.2) is 0 Å². The fraction of sp³-hybridized carbons (Fsp3) is 0.743. The van der Waals surface area contributed by atoms with Crippen molar-refractivity contribution in [2.24, 2.45) is 41.1 Å². The predicted octanol–water partition coefficient (Wildman–Crippen LogP) is -1.66. The number of halogens is 2. The van der Waals surface area contributed by atoms with Crippen molar-refractivity contribution >= 4 is 94.5 Å². The summed E-state index contributed by atoms with van der Waals surface area (Å²) in [6, 6.07) is -5.53. The molecule has 18 atom stereocenters. The molecular weight excluding hydrogens is 1390 g/mol. The van der Waals surface area contributed by atoms with E-state index in [1.165, 1.54) is 35.3 Å². The number of carboxylic acids is 1. The Morgan fingerprint density at radius 2 is 1.20 bits per heavy atom. The van der Waals surface area contributed by atoms with Crippen LogP contribution in [0, 0.1) is 29.6 Å². The molecule has 8 aliphatic rings. The summed E-state index contributed by atoms with van der Waals surface area (Å²) in [5.74, 6) is -11.1. The molecule has 3 saturated carbocycles. The molecule has 0 aromatic heterocycles. The number of benzene rings is 1. The summed E-state index contributed by atoms with van der Waals surface area (Å²) in [5, 5.41) is 58.6. The molecule has 34 heteroatoms. The van der Waals surface area contributed by atoms with E-state index in [-0.39, 0.29) is 112 Å². The van der Waals surface area contributed by atoms with E-state index in [1.807, 2.05) is 24.3 Å². The number of fused-ring (bicyclic) bond motifs is 5. The minimum absolute atomic E-state index is 0.0514. The number of hydrogen-bond donors (Lipinski definition) is 17. The van der Waals surface area contributed by atoms with Crippen molar-refractivity contribution < 1.29 is 76.5 Å². The van der Waals surface area contributed by atoms with Gasteiger partial charge in [0.05, 0.1) is 19.1 Å². The summed E-state index contributed by atoms with van der Waals surface area (Å²) in [6.07, 6.45) is 1.21. The van der Waals surface area contributed by atoms with Crippen molar-refractivity contribution in [2.45, 2.75) is 238 Å². The van der Waals surface area contributed by atoms with Crippen LogP contribution < -0.4 is 80.6 Å². The minimum Gasteiger partial charge on any atom is -0.481 e. The molecule has 19 N–H and O–H groups in total. The highest BCUT2D eigenvalue weighted by molar-refractivity contribution is 7.98. The number of amides is 11. The highest BCUT2D eigenvalue weighted by atomic mass is 32.2. The zero-order chi connectivity index (χ0) is 74.6. The summed E-state index contributed by atoms with van der Waals surface area (Å²) in [6.45, 7) is 2.20. The molecular formula is C70H108F2N16O14S2. The molecule has 1 aromatic rings. The van der Waals surface area contributed by atoms with E-state index in [0.717, 1.165) is 11.1 Å². The molecule has 104 heavy (non-hydrogen) atoms. The number of hydrogen-bond acceptors (Lipinski definition) is 20. The van der Waals surface area contributed by atoms with Gasteiger partial charge in [-0.2, -0.15) is 23.5 Å². The summed E-state index contributed by atoms with van der Waals surface area (Å²) >= 11 is 2.66. The lowest BCUT2D eigenvalue weighted by atomic mass is 9.76. The van der Waals surface area contributed by atoms with Crippen LogP contribution in [0.5, 0.6) is 0 Å². The number of alkyl halides is 2. The zero-order valence-electron chi connectivity index (χ0n) is 59.2. The van der Waals surface area contributed by atoms with E-state index in [1.54, 1.807) is 0 Å². The average Bonchev–Trinajstić information content (AvgIpc) is 1.63. The summed E-state index contributed by atoms with van der Waals surface area (Å²) in [4.78, 5) is 173. The number of carbonyl (C=O) groups excluding carboxylic acids is 11. The first-order valence-electron chi connectivity index (χ1n) is 37.2. The largest absolute Gasteiger partial charge is 0.481 e. The first kappa shape index (κ1) is 81.3. The standard InChI is InChI=1S/C70H108F2N16O14S2/c1-37(89)80-58-35-104-33-40-7-4-6-39(20-40)32-103-34-57(62(74)94)87-69(101)59-9-5-19-88(59)70(102)56(21-38-10-14-46(90)15-11-38)86-66(98)54(26-45-30-75-36-79-45)84-67(99)55(27-61(92)93)85-65(97)53(23-42-29-77-50-17-13-44(72)25-48(42)50)83-64(96)52(22-41-28-76-49-16-12-43(71)24-47(41)49)81-60(91)31-78-63(95)51(82-68(58)100)8-2-3-18-73/h4,6-7,20,38,41-59,75-77,79,90H,2-3,5,8-19,21-36,73H2,1H3,(H2,74,94)(H,78,95)(H,80,89)(H,81,91)(H,82,100)(H,83,96)(H,84,99)(H,85,97)(H,86,98)(H,87,101)(H,92,93)/t38?,41?,42?,43?,44?,45?,46?,47?,48?,49?,50?,51-,52-,53-,54-,55-,56-,57-,58-,59-/m0/s1. The van der Waals surface area contributed by atoms with Gasteiger partial charge < -0.3 is 95.7 Å². The second-order valence-electron chi connectivity index (χ2n) is 29.6. The molecule has 578 valence electrons. The Morgan fingerprint density at radius 1 is 0.625 bits per heavy atom. The number of unbranched alkanes of at least 4 members (excludes halogenated alkanes) is 1. The van der Waals surface area contributed by atoms with Crippen molar-refractivity contribution in [2.75, 3.05) is 57.4 Å². The molecule has 4 saturated heterocycles. The van der Waals surface area contributed by atoms with Crippen LogP contribution in [-0.4, -0.2) is 234 Å². The number of aliphatic hydroxyl groups is 1. The maximum atomic E-state index is 15.3. The number of nitrogens with one attached hydrogen (secondary N) is 13. The van der Waals surface area contributed by atoms with E-state index in [4.69, 9.17) is 11.5 Å². The van der Waals surface area contributed by atoms with Gasteiger partial charge in [0.25, 0.3) is 0 Å². The first-order chi connectivity index (χ1) is 49.9. The number of rotatable bonds is 16. The quantitative estimate of drug-likeness (QED) is 0.0824. The van der Waals surface area contributed by atoms with E-state index in [0.29, 0.717) is 108 Å². The van der Waals surface area contributed by atoms with Crippen LogP contribution in [0.1, 0.15) is 146 Å². The van der Waals surface area contributed by atoms with Crippen molar-refractivity contribution in [1.29, 1.82) is 0 Å². The lowest BCUT2D eigenvalue weighted by Crippen LogP contribution is -2.61. The summed E-state index contributed by atoms with van der Waals surface area (Å²) < 4.78 is 30.5. The molecule has 0 spiro atoms. The highest BCUT2D eigenvalue weighted by Gasteiger charge is 2.47. The van der Waals surface area contributed by atoms with Crippen LogP contribution in [0.3, 0.4) is 0 Å². The van der Waals surface area contributed by atoms with Crippen LogP contribution in [0.2, 0.25) is 0 Å². The molecule has 11 amide bonds. The Morgan fingerprint density at radius 3 is 1.79 bits per heavy atom. The van der Waals surface area contributed by atoms with Gasteiger partial charge >= 0.3 is 5.97 Å². The fourth-order valence-corrected chi connectivity index (χ4v) is 18.4. The van der Waals surface area contributed by atoms with Gasteiger partial charge in [0, 0.05) is 67.8 Å². The Hall–Kier alpha value is -6.82. The Bertz CT molecular complexity index is 3180. The number of aliphatic carboxylic acids is 1. The number of carbonyl (C=O) groups is 12. The third kappa shape index (κ3) is 23.8. The lowest BCUT2D eigenvalue weighted by molar-refractivity contribution is -0.143. The molecule has 30 nitrogen and oxygen atoms in total. The normalized spacial score (nSPS) is 34.6. The van der Waals surface area contributed by atoms with Gasteiger partial charge in [-0.3, -0.25) is 57.5 Å². The monoisotopic (exact) mass is 1500 g/mol. The number of aliphatic hydroxyl groups excluding tert-OH is 1. The van der Waals surface area contributed by atoms with Crippen LogP contribution in [0.4, 0.5) is 8.78 Å². The van der Waals surface area contributed by atoms with Crippen LogP contribution in [-0.2, 0) is 69.0 Å². The van der Waals surface area contributed by atoms with Gasteiger partial charge in [-0.15, -0.1) is 0 Å². The predicted molar refractivity (Wildman–Crippen MR) is 383 cm³/mol. The minimum atomic E-state index is -1.92. The SMILES string of the molecule is CC(=O)N[C@H]1CSCc2cccc(c2)CSC[C@@H](C(N)=O)NC(=O)[C@@H]2CCCN2C(=O)[C@H](CC2CCC(O)CC2)NC(=O)[C@H](CC2CNCN2)NC(=O)[C@H](CC(=O)O)NC(=O)[C@H](CC2CNC3CCC(F)CC23)NC(=O)[C@H](CC2CNC3CCC(F)CC23)NC(=O)CNC(=O)[C@H](CCCCN)NC1=O. The second kappa shape index (κ2) is 39.7. The van der Waals surface area contributed by atoms with E-state index < -0.39 is 169 Å². The fourth-order valence-electron chi connectivity index (χ4n) is 16.3. The van der Waals surface area contributed by atoms with Crippen LogP contribution in [0.25, 0.3) is 0 Å². The third-order valence-electron chi connectivity index (χ3n) is 21.9. The number of nitrogens with zero attached hydrogens (tertiary/aromatic N) is 1. The smallest absolute Gasteiger partial charge is 0.305 e. The van der Waals surface area contributed by atoms with Crippen molar-refractivity contribution in [3.8, 4) is 0 Å². The number of primary amides is 1. The van der Waals surface area contributed by atoms with Crippen LogP contribution in [0.15, 0.2) is 24.3 Å². The summed E-state index contributed by atoms with van der Waals surface area (Å²) in [5.41, 5.74) is 13.4.